The number of rotatable bonds is 4. The van der Waals surface area contributed by atoms with Gasteiger partial charge in [-0.15, -0.1) is 0 Å². The van der Waals surface area contributed by atoms with E-state index in [2.05, 4.69) is 15.2 Å². The van der Waals surface area contributed by atoms with E-state index in [1.54, 1.807) is 18.5 Å². The summed E-state index contributed by atoms with van der Waals surface area (Å²) in [4.78, 5) is 24.9. The molecule has 1 saturated heterocycles. The van der Waals surface area contributed by atoms with Gasteiger partial charge in [-0.1, -0.05) is 11.6 Å². The molecular weight excluding hydrogens is 485 g/mol. The van der Waals surface area contributed by atoms with Crippen molar-refractivity contribution in [1.82, 2.24) is 15.0 Å². The van der Waals surface area contributed by atoms with Gasteiger partial charge in [0, 0.05) is 30.9 Å². The average Bonchev–Trinajstić information content (AvgIpc) is 3.65. The molecule has 0 unspecified atom stereocenters. The lowest BCUT2D eigenvalue weighted by Crippen LogP contribution is -2.32. The number of fused-ring (bicyclic) bond motifs is 1. The molecule has 2 N–H and O–H groups in total. The van der Waals surface area contributed by atoms with Gasteiger partial charge in [-0.3, -0.25) is 4.98 Å². The number of piperidine rings is 1. The molecule has 1 saturated carbocycles. The van der Waals surface area contributed by atoms with Gasteiger partial charge in [0.15, 0.2) is 11.6 Å². The molecule has 2 aromatic heterocycles. The van der Waals surface area contributed by atoms with Gasteiger partial charge in [0.1, 0.15) is 17.2 Å². The van der Waals surface area contributed by atoms with Gasteiger partial charge in [-0.05, 0) is 49.9 Å². The summed E-state index contributed by atoms with van der Waals surface area (Å²) in [5.74, 6) is -1.92. The van der Waals surface area contributed by atoms with E-state index in [1.807, 2.05) is 6.07 Å². The molecule has 0 radical (unpaired) electrons. The van der Waals surface area contributed by atoms with Crippen molar-refractivity contribution in [3.05, 3.63) is 59.4 Å². The van der Waals surface area contributed by atoms with Crippen molar-refractivity contribution in [1.29, 1.82) is 0 Å². The number of carboxylic acids is 1. The molecule has 190 valence electrons. The predicted molar refractivity (Wildman–Crippen MR) is 123 cm³/mol. The molecule has 7 nitrogen and oxygen atoms in total. The first-order valence-corrected chi connectivity index (χ1v) is 11.2. The number of carboxylic acid groups (broad SMARTS) is 1. The van der Waals surface area contributed by atoms with Crippen LogP contribution in [0.2, 0.25) is 0 Å². The maximum Gasteiger partial charge on any atom is 0.490 e. The summed E-state index contributed by atoms with van der Waals surface area (Å²) in [6, 6.07) is 5.90. The molecular formula is C24H22F5N5O2. The zero-order valence-electron chi connectivity index (χ0n) is 18.9. The highest BCUT2D eigenvalue weighted by Crippen LogP contribution is 2.33. The van der Waals surface area contributed by atoms with Gasteiger partial charge in [0.2, 0.25) is 0 Å². The van der Waals surface area contributed by atoms with E-state index in [4.69, 9.17) is 19.9 Å². The second-order valence-corrected chi connectivity index (χ2v) is 8.44. The summed E-state index contributed by atoms with van der Waals surface area (Å²) in [6.07, 6.45) is 3.99. The van der Waals surface area contributed by atoms with E-state index in [-0.39, 0.29) is 0 Å². The number of carbonyl (C=O) groups is 1. The van der Waals surface area contributed by atoms with Crippen LogP contribution >= 0.6 is 0 Å². The fourth-order valence-corrected chi connectivity index (χ4v) is 3.63. The third-order valence-electron chi connectivity index (χ3n) is 5.63. The first-order chi connectivity index (χ1) is 17.1. The van der Waals surface area contributed by atoms with Crippen LogP contribution in [0.25, 0.3) is 17.1 Å². The highest BCUT2D eigenvalue weighted by Gasteiger charge is 2.38. The fourth-order valence-electron chi connectivity index (χ4n) is 3.63. The molecule has 12 heteroatoms. The van der Waals surface area contributed by atoms with Crippen molar-refractivity contribution in [2.75, 3.05) is 23.3 Å². The van der Waals surface area contributed by atoms with E-state index >= 15 is 0 Å². The highest BCUT2D eigenvalue weighted by atomic mass is 19.4. The predicted octanol–water partition coefficient (Wildman–Crippen LogP) is 5.19. The molecule has 2 fully saturated rings. The van der Waals surface area contributed by atoms with Crippen LogP contribution in [0.1, 0.15) is 31.2 Å². The van der Waals surface area contributed by atoms with Crippen molar-refractivity contribution in [2.45, 2.75) is 37.9 Å². The lowest BCUT2D eigenvalue weighted by Gasteiger charge is -2.31. The Morgan fingerprint density at radius 3 is 2.42 bits per heavy atom. The quantitative estimate of drug-likeness (QED) is 0.470. The Bertz CT molecular complexity index is 1280. The topological polar surface area (TPSA) is 91.2 Å². The average molecular weight is 507 g/mol. The van der Waals surface area contributed by atoms with Gasteiger partial charge < -0.3 is 15.3 Å². The second kappa shape index (κ2) is 10.4. The minimum atomic E-state index is -5.08. The Balaban J connectivity index is 0.000000384. The molecule has 1 aromatic carbocycles. The molecule has 3 heterocycles. The minimum absolute atomic E-state index is 0.307. The lowest BCUT2D eigenvalue weighted by atomic mass is 10.0. The number of aromatic nitrogens is 3. The Morgan fingerprint density at radius 1 is 1.08 bits per heavy atom. The minimum Gasteiger partial charge on any atom is -0.475 e. The number of pyridine rings is 1. The monoisotopic (exact) mass is 507 g/mol. The van der Waals surface area contributed by atoms with Crippen LogP contribution in [0.5, 0.6) is 0 Å². The summed E-state index contributed by atoms with van der Waals surface area (Å²) < 4.78 is 59.1. The van der Waals surface area contributed by atoms with Gasteiger partial charge >= 0.3 is 12.1 Å². The number of alkyl halides is 3. The molecule has 3 aromatic rings. The van der Waals surface area contributed by atoms with E-state index in [1.165, 1.54) is 12.1 Å². The standard InChI is InChI=1S/C22H21F2N5.C2HF3O2/c23-16-1-4-18(24)15(12-16)11-14-6-9-29(10-7-14)22-21(26-17-2-3-17)27-19-5-8-25-13-20(19)28-22;3-2(4,5)1(6)7/h1,4-5,8,11-13,17H,2-3,6-7,9-10H2,(H,26,27);(H,6,7). The molecule has 1 aliphatic carbocycles. The number of aliphatic carboxylic acids is 1. The zero-order valence-corrected chi connectivity index (χ0v) is 18.9. The number of hydrogen-bond acceptors (Lipinski definition) is 6. The molecule has 0 spiro atoms. The van der Waals surface area contributed by atoms with E-state index in [9.17, 15) is 22.0 Å². The third-order valence-corrected chi connectivity index (χ3v) is 5.63. The molecule has 1 aliphatic heterocycles. The summed E-state index contributed by atoms with van der Waals surface area (Å²) in [5.41, 5.74) is 3.01. The zero-order chi connectivity index (χ0) is 25.9. The van der Waals surface area contributed by atoms with Crippen LogP contribution in [0, 0.1) is 11.6 Å². The largest absolute Gasteiger partial charge is 0.490 e. The van der Waals surface area contributed by atoms with Crippen LogP contribution in [0.15, 0.2) is 42.2 Å². The summed E-state index contributed by atoms with van der Waals surface area (Å²) in [5, 5.41) is 10.6. The summed E-state index contributed by atoms with van der Waals surface area (Å²) >= 11 is 0. The van der Waals surface area contributed by atoms with Gasteiger partial charge in [0.05, 0.1) is 11.7 Å². The van der Waals surface area contributed by atoms with Crippen LogP contribution in [0.4, 0.5) is 33.6 Å². The third kappa shape index (κ3) is 6.43. The SMILES string of the molecule is Fc1ccc(F)c(C=C2CCN(c3nc4cnccc4nc3NC3CC3)CC2)c1.O=C(O)C(F)(F)F. The first-order valence-electron chi connectivity index (χ1n) is 11.2. The van der Waals surface area contributed by atoms with E-state index in [0.29, 0.717) is 11.6 Å². The van der Waals surface area contributed by atoms with E-state index < -0.39 is 23.8 Å². The Labute approximate surface area is 202 Å². The summed E-state index contributed by atoms with van der Waals surface area (Å²) in [6.45, 7) is 1.51. The number of anilines is 2. The van der Waals surface area contributed by atoms with Gasteiger partial charge in [-0.2, -0.15) is 13.2 Å². The lowest BCUT2D eigenvalue weighted by molar-refractivity contribution is -0.192. The molecule has 0 amide bonds. The van der Waals surface area contributed by atoms with Crippen molar-refractivity contribution in [3.63, 3.8) is 0 Å². The van der Waals surface area contributed by atoms with Crippen LogP contribution in [-0.4, -0.2) is 51.3 Å². The highest BCUT2D eigenvalue weighted by molar-refractivity contribution is 5.80. The Morgan fingerprint density at radius 2 is 1.78 bits per heavy atom. The number of halogens is 5. The number of nitrogens with one attached hydrogen (secondary N) is 1. The maximum absolute atomic E-state index is 13.9. The Kier molecular flexibility index (Phi) is 7.32. The van der Waals surface area contributed by atoms with Crippen molar-refractivity contribution in [3.8, 4) is 0 Å². The maximum atomic E-state index is 13.9. The van der Waals surface area contributed by atoms with Crippen LogP contribution < -0.4 is 10.2 Å². The molecule has 2 aliphatic rings. The summed E-state index contributed by atoms with van der Waals surface area (Å²) in [7, 11) is 0. The second-order valence-electron chi connectivity index (χ2n) is 8.44. The van der Waals surface area contributed by atoms with Gasteiger partial charge in [0.25, 0.3) is 0 Å². The molecule has 5 rings (SSSR count). The van der Waals surface area contributed by atoms with Gasteiger partial charge in [-0.25, -0.2) is 23.5 Å². The van der Waals surface area contributed by atoms with E-state index in [0.717, 1.165) is 73.1 Å². The molecule has 0 atom stereocenters. The van der Waals surface area contributed by atoms with Crippen molar-refractivity contribution >= 4 is 34.7 Å². The fraction of sp³-hybridized carbons (Fsp3) is 0.333. The number of benzene rings is 1. The number of nitrogens with zero attached hydrogens (tertiary/aromatic N) is 4. The molecule has 0 bridgehead atoms. The smallest absolute Gasteiger partial charge is 0.475 e. The van der Waals surface area contributed by atoms with Crippen LogP contribution in [0.3, 0.4) is 0 Å². The molecule has 36 heavy (non-hydrogen) atoms. The first kappa shape index (κ1) is 25.3. The van der Waals surface area contributed by atoms with Crippen LogP contribution in [-0.2, 0) is 4.79 Å². The normalized spacial score (nSPS) is 15.8. The van der Waals surface area contributed by atoms with Crippen molar-refractivity contribution in [2.24, 2.45) is 0 Å². The number of hydrogen-bond donors (Lipinski definition) is 2. The Hall–Kier alpha value is -3.83. The van der Waals surface area contributed by atoms with Crippen molar-refractivity contribution < 1.29 is 31.9 Å².